The van der Waals surface area contributed by atoms with Crippen molar-refractivity contribution in [1.82, 2.24) is 9.55 Å². The van der Waals surface area contributed by atoms with Gasteiger partial charge in [0.15, 0.2) is 0 Å². The molecule has 0 bridgehead atoms. The number of imidazole rings is 1. The molecule has 0 aliphatic carbocycles. The highest BCUT2D eigenvalue weighted by Crippen LogP contribution is 2.24. The molecule has 1 amide bonds. The zero-order valence-electron chi connectivity index (χ0n) is 9.87. The third-order valence-electron chi connectivity index (χ3n) is 2.45. The van der Waals surface area contributed by atoms with Crippen molar-refractivity contribution >= 4 is 27.5 Å². The molecule has 0 fully saturated rings. The second-order valence-electron chi connectivity index (χ2n) is 3.96. The second-order valence-corrected chi connectivity index (χ2v) is 4.81. The number of carbonyl (C=O) groups excluding carboxylic acids is 1. The summed E-state index contributed by atoms with van der Waals surface area (Å²) in [7, 11) is 1.78. The van der Waals surface area contributed by atoms with Crippen molar-refractivity contribution in [2.24, 2.45) is 7.05 Å². The van der Waals surface area contributed by atoms with E-state index in [9.17, 15) is 9.18 Å². The SMILES string of the molecule is Cc1cc(F)c(Br)cc1NC(=O)c1cn(C)cn1. The van der Waals surface area contributed by atoms with Crippen molar-refractivity contribution in [3.05, 3.63) is 46.2 Å². The Labute approximate surface area is 112 Å². The minimum Gasteiger partial charge on any atom is -0.340 e. The van der Waals surface area contributed by atoms with Crippen LogP contribution < -0.4 is 5.32 Å². The summed E-state index contributed by atoms with van der Waals surface area (Å²) in [5.74, 6) is -0.680. The van der Waals surface area contributed by atoms with Gasteiger partial charge >= 0.3 is 0 Å². The zero-order chi connectivity index (χ0) is 13.3. The second kappa shape index (κ2) is 4.89. The molecule has 18 heavy (non-hydrogen) atoms. The average molecular weight is 312 g/mol. The summed E-state index contributed by atoms with van der Waals surface area (Å²) in [6.45, 7) is 1.73. The number of anilines is 1. The van der Waals surface area contributed by atoms with E-state index in [1.807, 2.05) is 0 Å². The minimum atomic E-state index is -0.358. The molecule has 94 valence electrons. The molecule has 0 saturated heterocycles. The van der Waals surface area contributed by atoms with Gasteiger partial charge in [0.2, 0.25) is 0 Å². The summed E-state index contributed by atoms with van der Waals surface area (Å²) in [5.41, 5.74) is 1.52. The number of hydrogen-bond donors (Lipinski definition) is 1. The molecule has 0 aliphatic heterocycles. The molecule has 1 aromatic carbocycles. The molecule has 6 heteroatoms. The molecule has 1 aromatic heterocycles. The van der Waals surface area contributed by atoms with E-state index in [-0.39, 0.29) is 11.7 Å². The molecule has 0 saturated carbocycles. The molecule has 4 nitrogen and oxygen atoms in total. The number of rotatable bonds is 2. The van der Waals surface area contributed by atoms with Gasteiger partial charge in [0.25, 0.3) is 5.91 Å². The van der Waals surface area contributed by atoms with Crippen LogP contribution in [0.25, 0.3) is 0 Å². The van der Waals surface area contributed by atoms with Crippen LogP contribution in [-0.4, -0.2) is 15.5 Å². The van der Waals surface area contributed by atoms with E-state index in [2.05, 4.69) is 26.2 Å². The van der Waals surface area contributed by atoms with Crippen molar-refractivity contribution in [2.75, 3.05) is 5.32 Å². The van der Waals surface area contributed by atoms with E-state index in [0.717, 1.165) is 0 Å². The van der Waals surface area contributed by atoms with Crippen LogP contribution >= 0.6 is 15.9 Å². The quantitative estimate of drug-likeness (QED) is 0.927. The Balaban J connectivity index is 2.24. The number of halogens is 2. The maximum atomic E-state index is 13.2. The first-order valence-electron chi connectivity index (χ1n) is 5.22. The van der Waals surface area contributed by atoms with Gasteiger partial charge in [-0.2, -0.15) is 0 Å². The van der Waals surface area contributed by atoms with Gasteiger partial charge in [0, 0.05) is 18.9 Å². The van der Waals surface area contributed by atoms with Crippen molar-refractivity contribution < 1.29 is 9.18 Å². The van der Waals surface area contributed by atoms with Gasteiger partial charge in [-0.05, 0) is 40.5 Å². The van der Waals surface area contributed by atoms with Crippen LogP contribution in [0.5, 0.6) is 0 Å². The van der Waals surface area contributed by atoms with E-state index >= 15 is 0 Å². The third kappa shape index (κ3) is 2.59. The summed E-state index contributed by atoms with van der Waals surface area (Å²) in [4.78, 5) is 15.8. The first-order valence-corrected chi connectivity index (χ1v) is 6.01. The van der Waals surface area contributed by atoms with Crippen molar-refractivity contribution in [3.8, 4) is 0 Å². The molecule has 0 radical (unpaired) electrons. The van der Waals surface area contributed by atoms with Crippen LogP contribution in [0.3, 0.4) is 0 Å². The normalized spacial score (nSPS) is 10.4. The summed E-state index contributed by atoms with van der Waals surface area (Å²) < 4.78 is 15.2. The highest BCUT2D eigenvalue weighted by molar-refractivity contribution is 9.10. The lowest BCUT2D eigenvalue weighted by molar-refractivity contribution is 0.102. The Hall–Kier alpha value is -1.69. The van der Waals surface area contributed by atoms with Gasteiger partial charge in [-0.15, -0.1) is 0 Å². The molecular formula is C12H11BrFN3O. The van der Waals surface area contributed by atoms with Crippen LogP contribution in [-0.2, 0) is 7.05 Å². The molecular weight excluding hydrogens is 301 g/mol. The number of amides is 1. The molecule has 0 spiro atoms. The highest BCUT2D eigenvalue weighted by atomic mass is 79.9. The van der Waals surface area contributed by atoms with Crippen LogP contribution in [0.2, 0.25) is 0 Å². The fraction of sp³-hybridized carbons (Fsp3) is 0.167. The van der Waals surface area contributed by atoms with E-state index in [0.29, 0.717) is 21.4 Å². The average Bonchev–Trinajstić information content (AvgIpc) is 2.73. The molecule has 1 N–H and O–H groups in total. The lowest BCUT2D eigenvalue weighted by atomic mass is 10.2. The standard InChI is InChI=1S/C12H11BrFN3O/c1-7-3-9(14)8(13)4-10(7)16-12(18)11-5-17(2)6-15-11/h3-6H,1-2H3,(H,16,18). The Morgan fingerprint density at radius 1 is 1.50 bits per heavy atom. The lowest BCUT2D eigenvalue weighted by Crippen LogP contribution is -2.13. The topological polar surface area (TPSA) is 46.9 Å². The number of carbonyl (C=O) groups is 1. The van der Waals surface area contributed by atoms with Crippen molar-refractivity contribution in [3.63, 3.8) is 0 Å². The van der Waals surface area contributed by atoms with Crippen LogP contribution in [0.4, 0.5) is 10.1 Å². The van der Waals surface area contributed by atoms with Crippen LogP contribution in [0.15, 0.2) is 29.1 Å². The summed E-state index contributed by atoms with van der Waals surface area (Å²) >= 11 is 3.08. The van der Waals surface area contributed by atoms with Crippen molar-refractivity contribution in [1.29, 1.82) is 0 Å². The Morgan fingerprint density at radius 3 is 2.83 bits per heavy atom. The summed E-state index contributed by atoms with van der Waals surface area (Å²) in [6, 6.07) is 2.89. The monoisotopic (exact) mass is 311 g/mol. The first kappa shape index (κ1) is 12.8. The molecule has 1 heterocycles. The van der Waals surface area contributed by atoms with Gasteiger partial charge in [-0.1, -0.05) is 0 Å². The van der Waals surface area contributed by atoms with Crippen molar-refractivity contribution in [2.45, 2.75) is 6.92 Å². The molecule has 0 atom stereocenters. The fourth-order valence-electron chi connectivity index (χ4n) is 1.50. The third-order valence-corrected chi connectivity index (χ3v) is 3.06. The predicted molar refractivity (Wildman–Crippen MR) is 70.0 cm³/mol. The molecule has 0 unspecified atom stereocenters. The Morgan fingerprint density at radius 2 is 2.22 bits per heavy atom. The molecule has 2 rings (SSSR count). The number of nitrogens with one attached hydrogen (secondary N) is 1. The van der Waals surface area contributed by atoms with E-state index in [1.54, 1.807) is 31.1 Å². The maximum absolute atomic E-state index is 13.2. The number of hydrogen-bond acceptors (Lipinski definition) is 2. The zero-order valence-corrected chi connectivity index (χ0v) is 11.5. The predicted octanol–water partition coefficient (Wildman–Crippen LogP) is 2.88. The number of benzene rings is 1. The minimum absolute atomic E-state index is 0.310. The number of aromatic nitrogens is 2. The fourth-order valence-corrected chi connectivity index (χ4v) is 1.84. The summed E-state index contributed by atoms with van der Waals surface area (Å²) in [5, 5.41) is 2.70. The number of aryl methyl sites for hydroxylation is 2. The smallest absolute Gasteiger partial charge is 0.275 e. The molecule has 2 aromatic rings. The lowest BCUT2D eigenvalue weighted by Gasteiger charge is -2.08. The highest BCUT2D eigenvalue weighted by Gasteiger charge is 2.12. The largest absolute Gasteiger partial charge is 0.340 e. The number of nitrogens with zero attached hydrogens (tertiary/aromatic N) is 2. The van der Waals surface area contributed by atoms with Gasteiger partial charge in [0.05, 0.1) is 10.8 Å². The first-order chi connectivity index (χ1) is 8.47. The Bertz CT molecular complexity index is 609. The van der Waals surface area contributed by atoms with Gasteiger partial charge in [-0.25, -0.2) is 9.37 Å². The maximum Gasteiger partial charge on any atom is 0.275 e. The van der Waals surface area contributed by atoms with Gasteiger partial charge < -0.3 is 9.88 Å². The summed E-state index contributed by atoms with van der Waals surface area (Å²) in [6.07, 6.45) is 3.16. The van der Waals surface area contributed by atoms with Crippen LogP contribution in [0, 0.1) is 12.7 Å². The van der Waals surface area contributed by atoms with Crippen LogP contribution in [0.1, 0.15) is 16.1 Å². The molecule has 0 aliphatic rings. The van der Waals surface area contributed by atoms with E-state index < -0.39 is 0 Å². The van der Waals surface area contributed by atoms with Gasteiger partial charge in [-0.3, -0.25) is 4.79 Å². The van der Waals surface area contributed by atoms with E-state index in [1.165, 1.54) is 12.1 Å². The Kier molecular flexibility index (Phi) is 3.47. The van der Waals surface area contributed by atoms with Gasteiger partial charge in [0.1, 0.15) is 11.5 Å². The van der Waals surface area contributed by atoms with E-state index in [4.69, 9.17) is 0 Å².